The Balaban J connectivity index is 3.18. The Morgan fingerprint density at radius 2 is 2.24 bits per heavy atom. The maximum Gasteiger partial charge on any atom is 0.387 e. The van der Waals surface area contributed by atoms with Crippen molar-refractivity contribution in [3.05, 3.63) is 28.8 Å². The van der Waals surface area contributed by atoms with Crippen LogP contribution in [0.15, 0.2) is 12.1 Å². The number of alkyl halides is 2. The van der Waals surface area contributed by atoms with Gasteiger partial charge in [0.1, 0.15) is 11.8 Å². The average molecular weight is 241 g/mol. The Morgan fingerprint density at radius 1 is 1.59 bits per heavy atom. The summed E-state index contributed by atoms with van der Waals surface area (Å²) in [4.78, 5) is 10.6. The van der Waals surface area contributed by atoms with Crippen LogP contribution in [0.1, 0.15) is 16.7 Å². The Morgan fingerprint density at radius 3 is 2.71 bits per heavy atom. The Bertz CT molecular complexity index is 480. The predicted octanol–water partition coefficient (Wildman–Crippen LogP) is 2.10. The molecule has 0 saturated carbocycles. The van der Waals surface area contributed by atoms with Crippen LogP contribution in [0, 0.1) is 18.3 Å². The average Bonchev–Trinajstić information content (AvgIpc) is 2.21. The third kappa shape index (κ3) is 3.41. The minimum Gasteiger partial charge on any atom is -0.481 e. The van der Waals surface area contributed by atoms with Crippen molar-refractivity contribution >= 4 is 5.97 Å². The van der Waals surface area contributed by atoms with E-state index in [1.165, 1.54) is 6.07 Å². The first kappa shape index (κ1) is 12.9. The number of carbonyl (C=O) groups is 1. The van der Waals surface area contributed by atoms with Crippen molar-refractivity contribution in [2.45, 2.75) is 20.0 Å². The van der Waals surface area contributed by atoms with Crippen LogP contribution in [-0.4, -0.2) is 17.7 Å². The fourth-order valence-electron chi connectivity index (χ4n) is 1.36. The number of benzene rings is 1. The molecular formula is C11H9F2NO3. The van der Waals surface area contributed by atoms with Crippen molar-refractivity contribution in [1.82, 2.24) is 0 Å². The zero-order valence-electron chi connectivity index (χ0n) is 8.91. The normalized spacial score (nSPS) is 10.1. The number of aliphatic carboxylic acids is 1. The van der Waals surface area contributed by atoms with Crippen LogP contribution in [0.3, 0.4) is 0 Å². The highest BCUT2D eigenvalue weighted by atomic mass is 19.3. The second-order valence-electron chi connectivity index (χ2n) is 3.34. The molecule has 0 bridgehead atoms. The van der Waals surface area contributed by atoms with Crippen molar-refractivity contribution in [2.75, 3.05) is 0 Å². The minimum atomic E-state index is -3.05. The standard InChI is InChI=1S/C11H9F2NO3/c1-6-2-8(5-14)9(17-11(12)13)3-7(6)4-10(15)16/h2-3,11H,4H2,1H3,(H,15,16). The van der Waals surface area contributed by atoms with Gasteiger partial charge in [-0.15, -0.1) is 0 Å². The number of carboxylic acid groups (broad SMARTS) is 1. The molecule has 0 fully saturated rings. The van der Waals surface area contributed by atoms with E-state index < -0.39 is 12.6 Å². The lowest BCUT2D eigenvalue weighted by atomic mass is 10.0. The number of nitrogens with zero attached hydrogens (tertiary/aromatic N) is 1. The van der Waals surface area contributed by atoms with Crippen LogP contribution in [0.25, 0.3) is 0 Å². The first-order valence-corrected chi connectivity index (χ1v) is 4.64. The van der Waals surface area contributed by atoms with Gasteiger partial charge in [-0.2, -0.15) is 14.0 Å². The highest BCUT2D eigenvalue weighted by Gasteiger charge is 2.14. The lowest BCUT2D eigenvalue weighted by molar-refractivity contribution is -0.136. The molecule has 0 atom stereocenters. The summed E-state index contributed by atoms with van der Waals surface area (Å²) in [7, 11) is 0. The molecule has 0 radical (unpaired) electrons. The molecule has 0 heterocycles. The molecule has 90 valence electrons. The highest BCUT2D eigenvalue weighted by molar-refractivity contribution is 5.71. The summed E-state index contributed by atoms with van der Waals surface area (Å²) >= 11 is 0. The van der Waals surface area contributed by atoms with Gasteiger partial charge < -0.3 is 9.84 Å². The van der Waals surface area contributed by atoms with Gasteiger partial charge in [-0.05, 0) is 30.2 Å². The van der Waals surface area contributed by atoms with Gasteiger partial charge in [0.05, 0.1) is 12.0 Å². The quantitative estimate of drug-likeness (QED) is 0.876. The maximum absolute atomic E-state index is 12.1. The molecule has 0 aromatic heterocycles. The molecule has 1 rings (SSSR count). The van der Waals surface area contributed by atoms with E-state index in [9.17, 15) is 13.6 Å². The largest absolute Gasteiger partial charge is 0.481 e. The number of aryl methyl sites for hydroxylation is 1. The first-order chi connectivity index (χ1) is 7.93. The molecular weight excluding hydrogens is 232 g/mol. The summed E-state index contributed by atoms with van der Waals surface area (Å²) in [6.07, 6.45) is -0.308. The number of hydrogen-bond donors (Lipinski definition) is 1. The van der Waals surface area contributed by atoms with Crippen LogP contribution >= 0.6 is 0 Å². The molecule has 0 spiro atoms. The van der Waals surface area contributed by atoms with Crippen molar-refractivity contribution < 1.29 is 23.4 Å². The molecule has 1 aromatic rings. The van der Waals surface area contributed by atoms with Gasteiger partial charge in [-0.1, -0.05) is 0 Å². The van der Waals surface area contributed by atoms with E-state index in [0.717, 1.165) is 6.07 Å². The smallest absolute Gasteiger partial charge is 0.387 e. The van der Waals surface area contributed by atoms with E-state index in [0.29, 0.717) is 11.1 Å². The number of halogens is 2. The van der Waals surface area contributed by atoms with Crippen LogP contribution in [0.4, 0.5) is 8.78 Å². The van der Waals surface area contributed by atoms with Crippen molar-refractivity contribution in [1.29, 1.82) is 5.26 Å². The first-order valence-electron chi connectivity index (χ1n) is 4.64. The third-order valence-corrected chi connectivity index (χ3v) is 2.12. The topological polar surface area (TPSA) is 70.3 Å². The lowest BCUT2D eigenvalue weighted by Gasteiger charge is -2.10. The van der Waals surface area contributed by atoms with E-state index in [-0.39, 0.29) is 17.7 Å². The molecule has 17 heavy (non-hydrogen) atoms. The van der Waals surface area contributed by atoms with E-state index in [1.807, 2.05) is 0 Å². The summed E-state index contributed by atoms with van der Waals surface area (Å²) in [5.41, 5.74) is 0.842. The Kier molecular flexibility index (Phi) is 3.99. The lowest BCUT2D eigenvalue weighted by Crippen LogP contribution is -2.07. The fourth-order valence-corrected chi connectivity index (χ4v) is 1.36. The molecule has 0 saturated heterocycles. The van der Waals surface area contributed by atoms with Crippen molar-refractivity contribution in [2.24, 2.45) is 0 Å². The Labute approximate surface area is 96.0 Å². The van der Waals surface area contributed by atoms with Gasteiger partial charge in [-0.3, -0.25) is 4.79 Å². The summed E-state index contributed by atoms with van der Waals surface area (Å²) in [5.74, 6) is -1.38. The highest BCUT2D eigenvalue weighted by Crippen LogP contribution is 2.25. The van der Waals surface area contributed by atoms with Crippen LogP contribution in [0.5, 0.6) is 5.75 Å². The molecule has 0 aliphatic rings. The summed E-state index contributed by atoms with van der Waals surface area (Å²) < 4.78 is 28.3. The number of ether oxygens (including phenoxy) is 1. The molecule has 4 nitrogen and oxygen atoms in total. The zero-order valence-corrected chi connectivity index (χ0v) is 8.91. The van der Waals surface area contributed by atoms with Gasteiger partial charge >= 0.3 is 12.6 Å². The van der Waals surface area contributed by atoms with E-state index in [2.05, 4.69) is 4.74 Å². The van der Waals surface area contributed by atoms with Crippen LogP contribution in [0.2, 0.25) is 0 Å². The monoisotopic (exact) mass is 241 g/mol. The molecule has 6 heteroatoms. The second kappa shape index (κ2) is 5.25. The van der Waals surface area contributed by atoms with Crippen LogP contribution < -0.4 is 4.74 Å². The van der Waals surface area contributed by atoms with E-state index in [1.54, 1.807) is 13.0 Å². The number of carboxylic acids is 1. The third-order valence-electron chi connectivity index (χ3n) is 2.12. The molecule has 0 aliphatic heterocycles. The fraction of sp³-hybridized carbons (Fsp3) is 0.273. The molecule has 1 aromatic carbocycles. The van der Waals surface area contributed by atoms with E-state index >= 15 is 0 Å². The van der Waals surface area contributed by atoms with E-state index in [4.69, 9.17) is 10.4 Å². The SMILES string of the molecule is Cc1cc(C#N)c(OC(F)F)cc1CC(=O)O. The van der Waals surface area contributed by atoms with Gasteiger partial charge in [0.25, 0.3) is 0 Å². The molecule has 0 amide bonds. The zero-order chi connectivity index (χ0) is 13.0. The predicted molar refractivity (Wildman–Crippen MR) is 53.9 cm³/mol. The molecule has 0 unspecified atom stereocenters. The number of hydrogen-bond acceptors (Lipinski definition) is 3. The summed E-state index contributed by atoms with van der Waals surface area (Å²) in [5, 5.41) is 17.4. The van der Waals surface area contributed by atoms with Gasteiger partial charge in [0.15, 0.2) is 0 Å². The molecule has 0 aliphatic carbocycles. The van der Waals surface area contributed by atoms with Gasteiger partial charge in [0.2, 0.25) is 0 Å². The maximum atomic E-state index is 12.1. The number of nitriles is 1. The summed E-state index contributed by atoms with van der Waals surface area (Å²) in [6, 6.07) is 4.21. The van der Waals surface area contributed by atoms with Crippen LogP contribution in [-0.2, 0) is 11.2 Å². The minimum absolute atomic E-state index is 0.0445. The van der Waals surface area contributed by atoms with Gasteiger partial charge in [-0.25, -0.2) is 0 Å². The van der Waals surface area contributed by atoms with Crippen molar-refractivity contribution in [3.8, 4) is 11.8 Å². The van der Waals surface area contributed by atoms with Crippen molar-refractivity contribution in [3.63, 3.8) is 0 Å². The summed E-state index contributed by atoms with van der Waals surface area (Å²) in [6.45, 7) is -1.45. The second-order valence-corrected chi connectivity index (χ2v) is 3.34. The Hall–Kier alpha value is -2.16. The molecule has 1 N–H and O–H groups in total. The van der Waals surface area contributed by atoms with Gasteiger partial charge in [0, 0.05) is 0 Å². The number of rotatable bonds is 4.